The largest absolute Gasteiger partial charge is 0.453 e. The van der Waals surface area contributed by atoms with Gasteiger partial charge in [0.2, 0.25) is 0 Å². The molecule has 1 aliphatic carbocycles. The zero-order valence-electron chi connectivity index (χ0n) is 16.6. The Morgan fingerprint density at radius 3 is 2.27 bits per heavy atom. The molecular weight excluding hydrogens is 336 g/mol. The zero-order chi connectivity index (χ0) is 19.6. The molecule has 7 nitrogen and oxygen atoms in total. The Balaban J connectivity index is 2.18. The second kappa shape index (κ2) is 11.0. The van der Waals surface area contributed by atoms with Crippen LogP contribution in [0.4, 0.5) is 4.79 Å². The monoisotopic (exact) mass is 370 g/mol. The highest BCUT2D eigenvalue weighted by molar-refractivity contribution is 5.83. The Hall–Kier alpha value is -1.79. The van der Waals surface area contributed by atoms with Gasteiger partial charge in [-0.2, -0.15) is 0 Å². The number of hydrogen-bond donors (Lipinski definition) is 2. The molecule has 0 aromatic carbocycles. The summed E-state index contributed by atoms with van der Waals surface area (Å²) >= 11 is 0. The fourth-order valence-corrected chi connectivity index (χ4v) is 2.79. The van der Waals surface area contributed by atoms with E-state index in [4.69, 9.17) is 9.47 Å². The summed E-state index contributed by atoms with van der Waals surface area (Å²) in [5.74, 6) is -0.684. The van der Waals surface area contributed by atoms with E-state index in [1.54, 1.807) is 27.7 Å². The van der Waals surface area contributed by atoms with Crippen LogP contribution in [0.5, 0.6) is 0 Å². The topological polar surface area (TPSA) is 93.7 Å². The van der Waals surface area contributed by atoms with Gasteiger partial charge in [0, 0.05) is 19.0 Å². The first-order valence-corrected chi connectivity index (χ1v) is 9.64. The molecule has 0 aliphatic heterocycles. The van der Waals surface area contributed by atoms with Crippen molar-refractivity contribution in [2.45, 2.75) is 96.8 Å². The van der Waals surface area contributed by atoms with Crippen LogP contribution in [0.3, 0.4) is 0 Å². The molecule has 1 rings (SSSR count). The molecule has 150 valence electrons. The predicted molar refractivity (Wildman–Crippen MR) is 98.7 cm³/mol. The van der Waals surface area contributed by atoms with Gasteiger partial charge in [0.05, 0.1) is 0 Å². The molecule has 0 saturated heterocycles. The first-order valence-electron chi connectivity index (χ1n) is 9.64. The lowest BCUT2D eigenvalue weighted by molar-refractivity contribution is -0.155. The number of carbonyl (C=O) groups is 3. The molecule has 0 unspecified atom stereocenters. The molecule has 2 N–H and O–H groups in total. The molecule has 1 aliphatic rings. The lowest BCUT2D eigenvalue weighted by Crippen LogP contribution is -2.41. The van der Waals surface area contributed by atoms with E-state index >= 15 is 0 Å². The molecule has 26 heavy (non-hydrogen) atoms. The Labute approximate surface area is 156 Å². The van der Waals surface area contributed by atoms with Crippen LogP contribution in [0.15, 0.2) is 0 Å². The summed E-state index contributed by atoms with van der Waals surface area (Å²) in [4.78, 5) is 35.5. The van der Waals surface area contributed by atoms with E-state index < -0.39 is 23.8 Å². The molecule has 1 saturated carbocycles. The maximum atomic E-state index is 12.1. The fraction of sp³-hybridized carbons (Fsp3) is 0.842. The van der Waals surface area contributed by atoms with Crippen LogP contribution in [-0.4, -0.2) is 42.3 Å². The third kappa shape index (κ3) is 10.3. The van der Waals surface area contributed by atoms with Crippen molar-refractivity contribution in [2.24, 2.45) is 0 Å². The van der Waals surface area contributed by atoms with Crippen LogP contribution < -0.4 is 10.6 Å². The van der Waals surface area contributed by atoms with Crippen molar-refractivity contribution in [3.8, 4) is 0 Å². The summed E-state index contributed by atoms with van der Waals surface area (Å²) in [7, 11) is 0. The number of amides is 2. The van der Waals surface area contributed by atoms with Gasteiger partial charge in [0.1, 0.15) is 5.60 Å². The van der Waals surface area contributed by atoms with Crippen molar-refractivity contribution in [1.29, 1.82) is 0 Å². The van der Waals surface area contributed by atoms with Crippen LogP contribution in [-0.2, 0) is 19.1 Å². The summed E-state index contributed by atoms with van der Waals surface area (Å²) in [5, 5.41) is 5.56. The fourth-order valence-electron chi connectivity index (χ4n) is 2.79. The third-order valence-electron chi connectivity index (χ3n) is 4.10. The number of alkyl carbamates (subject to hydrolysis) is 1. The minimum Gasteiger partial charge on any atom is -0.453 e. The van der Waals surface area contributed by atoms with E-state index in [-0.39, 0.29) is 18.4 Å². The van der Waals surface area contributed by atoms with Gasteiger partial charge in [-0.05, 0) is 47.0 Å². The number of nitrogens with one attached hydrogen (secondary N) is 2. The number of carbonyl (C=O) groups excluding carboxylic acids is 3. The van der Waals surface area contributed by atoms with Gasteiger partial charge in [-0.1, -0.05) is 25.7 Å². The lowest BCUT2D eigenvalue weighted by Gasteiger charge is -2.20. The number of rotatable bonds is 7. The first-order chi connectivity index (χ1) is 12.2. The van der Waals surface area contributed by atoms with Gasteiger partial charge >= 0.3 is 12.1 Å². The van der Waals surface area contributed by atoms with E-state index in [1.165, 1.54) is 12.8 Å². The normalized spacial score (nSPS) is 16.9. The Morgan fingerprint density at radius 2 is 1.69 bits per heavy atom. The Morgan fingerprint density at radius 1 is 1.08 bits per heavy atom. The van der Waals surface area contributed by atoms with Gasteiger partial charge in [-0.25, -0.2) is 4.79 Å². The van der Waals surface area contributed by atoms with E-state index in [0.717, 1.165) is 25.7 Å². The summed E-state index contributed by atoms with van der Waals surface area (Å²) in [6.45, 7) is 7.25. The molecule has 2 amide bonds. The molecule has 1 atom stereocenters. The summed E-state index contributed by atoms with van der Waals surface area (Å²) in [5.41, 5.74) is -0.552. The first kappa shape index (κ1) is 22.3. The van der Waals surface area contributed by atoms with Crippen molar-refractivity contribution < 1.29 is 23.9 Å². The van der Waals surface area contributed by atoms with Crippen molar-refractivity contribution in [3.63, 3.8) is 0 Å². The SMILES string of the molecule is C[C@@H](OC(=O)CCCNC(=O)OC(C)(C)C)C(=O)NC1CCCCCC1. The average Bonchev–Trinajstić information content (AvgIpc) is 2.78. The minimum atomic E-state index is -0.801. The minimum absolute atomic E-state index is 0.136. The molecule has 0 aromatic rings. The standard InChI is InChI=1S/C19H34N2O5/c1-14(17(23)21-15-10-7-5-6-8-11-15)25-16(22)12-9-13-20-18(24)26-19(2,3)4/h14-15H,5-13H2,1-4H3,(H,20,24)(H,21,23)/t14-/m1/s1. The van der Waals surface area contributed by atoms with Crippen LogP contribution in [0.2, 0.25) is 0 Å². The molecule has 0 spiro atoms. The molecule has 0 bridgehead atoms. The summed E-state index contributed by atoms with van der Waals surface area (Å²) < 4.78 is 10.3. The highest BCUT2D eigenvalue weighted by Crippen LogP contribution is 2.17. The van der Waals surface area contributed by atoms with Crippen molar-refractivity contribution in [3.05, 3.63) is 0 Å². The van der Waals surface area contributed by atoms with E-state index in [1.807, 2.05) is 0 Å². The van der Waals surface area contributed by atoms with Crippen LogP contribution in [0.25, 0.3) is 0 Å². The Bertz CT molecular complexity index is 465. The van der Waals surface area contributed by atoms with Crippen LogP contribution in [0, 0.1) is 0 Å². The van der Waals surface area contributed by atoms with Crippen LogP contribution >= 0.6 is 0 Å². The van der Waals surface area contributed by atoms with Crippen molar-refractivity contribution >= 4 is 18.0 Å². The highest BCUT2D eigenvalue weighted by Gasteiger charge is 2.21. The molecule has 0 heterocycles. The molecule has 0 radical (unpaired) electrons. The summed E-state index contributed by atoms with van der Waals surface area (Å²) in [6.07, 6.45) is 5.92. The molecule has 0 aromatic heterocycles. The quantitative estimate of drug-likeness (QED) is 0.408. The van der Waals surface area contributed by atoms with Crippen LogP contribution in [0.1, 0.15) is 79.1 Å². The number of esters is 1. The second-order valence-corrected chi connectivity index (χ2v) is 7.86. The van der Waals surface area contributed by atoms with Crippen molar-refractivity contribution in [1.82, 2.24) is 10.6 Å². The highest BCUT2D eigenvalue weighted by atomic mass is 16.6. The molecular formula is C19H34N2O5. The zero-order valence-corrected chi connectivity index (χ0v) is 16.6. The maximum absolute atomic E-state index is 12.1. The molecule has 1 fully saturated rings. The maximum Gasteiger partial charge on any atom is 0.407 e. The van der Waals surface area contributed by atoms with Gasteiger partial charge in [0.25, 0.3) is 5.91 Å². The number of hydrogen-bond acceptors (Lipinski definition) is 5. The van der Waals surface area contributed by atoms with E-state index in [0.29, 0.717) is 13.0 Å². The number of ether oxygens (including phenoxy) is 2. The summed E-state index contributed by atoms with van der Waals surface area (Å²) in [6, 6.07) is 0.184. The van der Waals surface area contributed by atoms with Crippen molar-refractivity contribution in [2.75, 3.05) is 6.54 Å². The van der Waals surface area contributed by atoms with Gasteiger partial charge in [0.15, 0.2) is 6.10 Å². The smallest absolute Gasteiger partial charge is 0.407 e. The van der Waals surface area contributed by atoms with Gasteiger partial charge in [-0.3, -0.25) is 9.59 Å². The average molecular weight is 370 g/mol. The van der Waals surface area contributed by atoms with E-state index in [9.17, 15) is 14.4 Å². The predicted octanol–water partition coefficient (Wildman–Crippen LogP) is 3.06. The van der Waals surface area contributed by atoms with Gasteiger partial charge in [-0.15, -0.1) is 0 Å². The molecule has 7 heteroatoms. The lowest BCUT2D eigenvalue weighted by atomic mass is 10.1. The second-order valence-electron chi connectivity index (χ2n) is 7.86. The Kier molecular flexibility index (Phi) is 9.44. The van der Waals surface area contributed by atoms with Gasteiger partial charge < -0.3 is 20.1 Å². The third-order valence-corrected chi connectivity index (χ3v) is 4.10. The van der Waals surface area contributed by atoms with E-state index in [2.05, 4.69) is 10.6 Å².